The summed E-state index contributed by atoms with van der Waals surface area (Å²) in [5.74, 6) is 0.604. The first-order chi connectivity index (χ1) is 14.4. The summed E-state index contributed by atoms with van der Waals surface area (Å²) in [6.45, 7) is 0.558. The number of carbonyl (C=O) groups excluding carboxylic acids is 2. The lowest BCUT2D eigenvalue weighted by Crippen LogP contribution is -2.47. The lowest BCUT2D eigenvalue weighted by molar-refractivity contribution is -0.115. The topological polar surface area (TPSA) is 115 Å². The molecule has 0 atom stereocenters. The average molecular weight is 449 g/mol. The van der Waals surface area contributed by atoms with Crippen LogP contribution in [0.5, 0.6) is 11.5 Å². The third kappa shape index (κ3) is 7.12. The number of amides is 2. The molecule has 0 heterocycles. The Bertz CT molecular complexity index is 908. The maximum atomic E-state index is 12.4. The Balaban J connectivity index is 1.81. The number of carbonyl (C=O) groups is 2. The fourth-order valence-electron chi connectivity index (χ4n) is 2.51. The number of hydrogen-bond acceptors (Lipinski definition) is 6. The minimum Gasteiger partial charge on any atom is -0.493 e. The molecule has 8 nitrogen and oxygen atoms in total. The van der Waals surface area contributed by atoms with Gasteiger partial charge < -0.3 is 20.5 Å². The second-order valence-corrected chi connectivity index (χ2v) is 7.45. The molecule has 10 heteroatoms. The second-order valence-electron chi connectivity index (χ2n) is 6.03. The van der Waals surface area contributed by atoms with E-state index < -0.39 is 5.91 Å². The van der Waals surface area contributed by atoms with Crippen molar-refractivity contribution in [1.29, 1.82) is 0 Å². The molecular weight excluding hydrogens is 424 g/mol. The molecule has 0 aliphatic heterocycles. The van der Waals surface area contributed by atoms with Crippen LogP contribution in [0.3, 0.4) is 0 Å². The van der Waals surface area contributed by atoms with Crippen LogP contribution in [0, 0.1) is 0 Å². The summed E-state index contributed by atoms with van der Waals surface area (Å²) in [7, 11) is 3.18. The van der Waals surface area contributed by atoms with E-state index in [9.17, 15) is 9.59 Å². The number of rotatable bonds is 9. The van der Waals surface area contributed by atoms with E-state index in [1.807, 2.05) is 18.2 Å². The maximum Gasteiger partial charge on any atom is 0.270 e. The van der Waals surface area contributed by atoms with E-state index >= 15 is 0 Å². The summed E-state index contributed by atoms with van der Waals surface area (Å²) in [5.41, 5.74) is 11.9. The fraction of sp³-hybridized carbons (Fsp3) is 0.250. The van der Waals surface area contributed by atoms with Gasteiger partial charge in [0.1, 0.15) is 0 Å². The largest absolute Gasteiger partial charge is 0.493 e. The highest BCUT2D eigenvalue weighted by Gasteiger charge is 2.12. The molecule has 0 radical (unpaired) electrons. The van der Waals surface area contributed by atoms with Gasteiger partial charge in [0.05, 0.1) is 25.5 Å². The molecule has 2 aromatic carbocycles. The molecule has 2 rings (SSSR count). The van der Waals surface area contributed by atoms with Gasteiger partial charge in [-0.05, 0) is 48.5 Å². The zero-order valence-electron chi connectivity index (χ0n) is 16.7. The van der Waals surface area contributed by atoms with Crippen LogP contribution in [-0.2, 0) is 11.2 Å². The molecular formula is C20H24N4O4S2. The van der Waals surface area contributed by atoms with Crippen molar-refractivity contribution in [2.75, 3.05) is 26.5 Å². The maximum absolute atomic E-state index is 12.4. The van der Waals surface area contributed by atoms with Gasteiger partial charge in [0, 0.05) is 11.4 Å². The molecule has 0 unspecified atom stereocenters. The fourth-order valence-corrected chi connectivity index (χ4v) is 3.45. The predicted molar refractivity (Wildman–Crippen MR) is 121 cm³/mol. The van der Waals surface area contributed by atoms with Gasteiger partial charge in [-0.1, -0.05) is 18.2 Å². The summed E-state index contributed by atoms with van der Waals surface area (Å²) in [4.78, 5) is 24.1. The van der Waals surface area contributed by atoms with E-state index in [-0.39, 0.29) is 16.8 Å². The summed E-state index contributed by atoms with van der Waals surface area (Å²) in [6, 6.07) is 12.6. The van der Waals surface area contributed by atoms with E-state index in [0.29, 0.717) is 34.9 Å². The number of thioether (sulfide) groups is 1. The Hall–Kier alpha value is -2.98. The molecule has 5 N–H and O–H groups in total. The van der Waals surface area contributed by atoms with Crippen molar-refractivity contribution in [3.8, 4) is 11.5 Å². The van der Waals surface area contributed by atoms with Crippen molar-refractivity contribution in [3.05, 3.63) is 53.6 Å². The number of ether oxygens (including phenoxy) is 2. The minimum atomic E-state index is -0.451. The second kappa shape index (κ2) is 11.9. The number of primary amides is 1. The van der Waals surface area contributed by atoms with Crippen molar-refractivity contribution in [1.82, 2.24) is 16.2 Å². The molecule has 0 saturated carbocycles. The van der Waals surface area contributed by atoms with Crippen LogP contribution in [0.2, 0.25) is 0 Å². The number of methoxy groups -OCH3 is 2. The van der Waals surface area contributed by atoms with Crippen LogP contribution in [0.1, 0.15) is 15.9 Å². The van der Waals surface area contributed by atoms with Gasteiger partial charge in [-0.3, -0.25) is 20.4 Å². The van der Waals surface area contributed by atoms with Gasteiger partial charge in [-0.15, -0.1) is 11.8 Å². The van der Waals surface area contributed by atoms with Crippen LogP contribution in [0.4, 0.5) is 0 Å². The Morgan fingerprint density at radius 2 is 1.80 bits per heavy atom. The first-order valence-electron chi connectivity index (χ1n) is 8.99. The molecule has 2 amide bonds. The molecule has 0 spiro atoms. The Kier molecular flexibility index (Phi) is 9.23. The zero-order valence-corrected chi connectivity index (χ0v) is 18.3. The first kappa shape index (κ1) is 23.3. The van der Waals surface area contributed by atoms with Crippen LogP contribution < -0.4 is 31.4 Å². The highest BCUT2D eigenvalue weighted by molar-refractivity contribution is 8.00. The summed E-state index contributed by atoms with van der Waals surface area (Å²) in [6.07, 6.45) is 0.697. The van der Waals surface area contributed by atoms with Gasteiger partial charge in [0.25, 0.3) is 5.91 Å². The number of thiocarbonyl (C=S) groups is 1. The average Bonchev–Trinajstić information content (AvgIpc) is 2.76. The van der Waals surface area contributed by atoms with E-state index in [0.717, 1.165) is 5.56 Å². The van der Waals surface area contributed by atoms with Gasteiger partial charge in [-0.2, -0.15) is 0 Å². The standard InChI is InChI=1S/C20H24N4O4S2/c1-27-15-8-7-13(11-16(15)28-2)9-10-22-20(29)24-23-19(26)14-5-3-4-6-17(14)30-12-18(21)25/h3-8,11H,9-10,12H2,1-2H3,(H2,21,25)(H,23,26)(H2,22,24,29). The number of hydrazine groups is 1. The minimum absolute atomic E-state index is 0.0911. The zero-order chi connectivity index (χ0) is 21.9. The summed E-state index contributed by atoms with van der Waals surface area (Å²) >= 11 is 6.40. The Morgan fingerprint density at radius 3 is 2.50 bits per heavy atom. The molecule has 0 saturated heterocycles. The Morgan fingerprint density at radius 1 is 1.07 bits per heavy atom. The molecule has 0 bridgehead atoms. The third-order valence-corrected chi connectivity index (χ3v) is 5.28. The van der Waals surface area contributed by atoms with Crippen molar-refractivity contribution < 1.29 is 19.1 Å². The molecule has 30 heavy (non-hydrogen) atoms. The molecule has 0 fully saturated rings. The van der Waals surface area contributed by atoms with E-state index in [1.54, 1.807) is 38.5 Å². The third-order valence-electron chi connectivity index (χ3n) is 3.94. The molecule has 2 aromatic rings. The van der Waals surface area contributed by atoms with Crippen molar-refractivity contribution in [2.24, 2.45) is 5.73 Å². The number of benzene rings is 2. The summed E-state index contributed by atoms with van der Waals surface area (Å²) in [5, 5.41) is 3.31. The predicted octanol–water partition coefficient (Wildman–Crippen LogP) is 1.63. The van der Waals surface area contributed by atoms with Gasteiger partial charge in [0.2, 0.25) is 5.91 Å². The number of nitrogens with one attached hydrogen (secondary N) is 3. The van der Waals surface area contributed by atoms with E-state index in [4.69, 9.17) is 27.4 Å². The highest BCUT2D eigenvalue weighted by atomic mass is 32.2. The monoisotopic (exact) mass is 448 g/mol. The van der Waals surface area contributed by atoms with Crippen molar-refractivity contribution in [3.63, 3.8) is 0 Å². The van der Waals surface area contributed by atoms with Crippen LogP contribution in [-0.4, -0.2) is 43.4 Å². The number of hydrogen-bond donors (Lipinski definition) is 4. The molecule has 0 aliphatic carbocycles. The van der Waals surface area contributed by atoms with Crippen molar-refractivity contribution in [2.45, 2.75) is 11.3 Å². The SMILES string of the molecule is COc1ccc(CCNC(=S)NNC(=O)c2ccccc2SCC(N)=O)cc1OC. The van der Waals surface area contributed by atoms with Gasteiger partial charge >= 0.3 is 0 Å². The van der Waals surface area contributed by atoms with Crippen LogP contribution in [0.15, 0.2) is 47.4 Å². The highest BCUT2D eigenvalue weighted by Crippen LogP contribution is 2.27. The van der Waals surface area contributed by atoms with Gasteiger partial charge in [-0.25, -0.2) is 0 Å². The quantitative estimate of drug-likeness (QED) is 0.260. The number of nitrogens with two attached hydrogens (primary N) is 1. The van der Waals surface area contributed by atoms with Crippen molar-refractivity contribution >= 4 is 40.9 Å². The van der Waals surface area contributed by atoms with Gasteiger partial charge in [0.15, 0.2) is 16.6 Å². The lowest BCUT2D eigenvalue weighted by atomic mass is 10.1. The van der Waals surface area contributed by atoms with Crippen LogP contribution in [0.25, 0.3) is 0 Å². The summed E-state index contributed by atoms with van der Waals surface area (Å²) < 4.78 is 10.5. The first-order valence-corrected chi connectivity index (χ1v) is 10.4. The normalized spacial score (nSPS) is 10.1. The van der Waals surface area contributed by atoms with E-state index in [1.165, 1.54) is 11.8 Å². The molecule has 0 aliphatic rings. The molecule has 160 valence electrons. The lowest BCUT2D eigenvalue weighted by Gasteiger charge is -2.13. The van der Waals surface area contributed by atoms with E-state index in [2.05, 4.69) is 16.2 Å². The molecule has 0 aromatic heterocycles. The van der Waals surface area contributed by atoms with Crippen LogP contribution >= 0.6 is 24.0 Å². The smallest absolute Gasteiger partial charge is 0.270 e. The Labute approximate surface area is 184 Å².